The fourth-order valence-electron chi connectivity index (χ4n) is 2.42. The molecule has 0 fully saturated rings. The number of anilines is 4. The second-order valence-corrected chi connectivity index (χ2v) is 5.67. The van der Waals surface area contributed by atoms with Gasteiger partial charge in [0.2, 0.25) is 5.95 Å². The van der Waals surface area contributed by atoms with Crippen LogP contribution in [-0.2, 0) is 0 Å². The van der Waals surface area contributed by atoms with E-state index in [4.69, 9.17) is 4.52 Å². The Morgan fingerprint density at radius 2 is 1.52 bits per heavy atom. The summed E-state index contributed by atoms with van der Waals surface area (Å²) in [5.41, 5.74) is 4.27. The molecule has 0 saturated heterocycles. The van der Waals surface area contributed by atoms with Crippen LogP contribution >= 0.6 is 0 Å². The summed E-state index contributed by atoms with van der Waals surface area (Å²) >= 11 is 0. The zero-order chi connectivity index (χ0) is 16.4. The predicted molar refractivity (Wildman–Crippen MR) is 90.5 cm³/mol. The molecule has 0 amide bonds. The van der Waals surface area contributed by atoms with Crippen LogP contribution in [0.3, 0.4) is 0 Å². The fraction of sp³-hybridized carbons (Fsp3) is 0.235. The zero-order valence-corrected chi connectivity index (χ0v) is 13.6. The molecule has 0 saturated carbocycles. The van der Waals surface area contributed by atoms with Crippen molar-refractivity contribution in [2.75, 3.05) is 10.6 Å². The predicted octanol–water partition coefficient (Wildman–Crippen LogP) is 4.19. The van der Waals surface area contributed by atoms with E-state index in [2.05, 4.69) is 57.8 Å². The van der Waals surface area contributed by atoms with E-state index in [0.717, 1.165) is 23.0 Å². The van der Waals surface area contributed by atoms with Gasteiger partial charge in [-0.05, 0) is 51.0 Å². The summed E-state index contributed by atoms with van der Waals surface area (Å²) in [6.45, 7) is 7.91. The van der Waals surface area contributed by atoms with Crippen LogP contribution < -0.4 is 10.6 Å². The lowest BCUT2D eigenvalue weighted by Gasteiger charge is -2.10. The fourth-order valence-corrected chi connectivity index (χ4v) is 2.42. The summed E-state index contributed by atoms with van der Waals surface area (Å²) in [4.78, 5) is 8.85. The molecule has 0 aliphatic carbocycles. The van der Waals surface area contributed by atoms with Crippen LogP contribution in [0.2, 0.25) is 0 Å². The van der Waals surface area contributed by atoms with Crippen molar-refractivity contribution < 1.29 is 4.52 Å². The first kappa shape index (κ1) is 15.0. The third kappa shape index (κ3) is 3.85. The summed E-state index contributed by atoms with van der Waals surface area (Å²) in [5.74, 6) is 2.52. The highest BCUT2D eigenvalue weighted by Crippen LogP contribution is 2.21. The summed E-state index contributed by atoms with van der Waals surface area (Å²) in [6.07, 6.45) is 0. The Labute approximate surface area is 135 Å². The van der Waals surface area contributed by atoms with Gasteiger partial charge in [0.15, 0.2) is 5.82 Å². The third-order valence-corrected chi connectivity index (χ3v) is 3.22. The first-order valence-corrected chi connectivity index (χ1v) is 7.39. The van der Waals surface area contributed by atoms with Gasteiger partial charge in [0.05, 0.1) is 0 Å². The molecule has 0 unspecified atom stereocenters. The molecule has 0 aliphatic rings. The molecule has 3 rings (SSSR count). The van der Waals surface area contributed by atoms with E-state index in [0.29, 0.717) is 11.8 Å². The number of benzene rings is 1. The van der Waals surface area contributed by atoms with Crippen molar-refractivity contribution in [3.63, 3.8) is 0 Å². The minimum atomic E-state index is 0.477. The van der Waals surface area contributed by atoms with Gasteiger partial charge >= 0.3 is 0 Å². The van der Waals surface area contributed by atoms with Crippen molar-refractivity contribution in [3.05, 3.63) is 52.9 Å². The Morgan fingerprint density at radius 1 is 0.783 bits per heavy atom. The van der Waals surface area contributed by atoms with Crippen molar-refractivity contribution in [3.8, 4) is 0 Å². The average molecular weight is 309 g/mol. The van der Waals surface area contributed by atoms with Crippen molar-refractivity contribution >= 4 is 23.3 Å². The Kier molecular flexibility index (Phi) is 3.97. The van der Waals surface area contributed by atoms with E-state index < -0.39 is 0 Å². The summed E-state index contributed by atoms with van der Waals surface area (Å²) < 4.78 is 5.04. The molecule has 0 bridgehead atoms. The molecule has 2 aromatic heterocycles. The van der Waals surface area contributed by atoms with Gasteiger partial charge in [-0.15, -0.1) is 0 Å². The number of aromatic nitrogens is 3. The summed E-state index contributed by atoms with van der Waals surface area (Å²) in [6, 6.07) is 9.99. The number of rotatable bonds is 4. The van der Waals surface area contributed by atoms with Gasteiger partial charge in [-0.3, -0.25) is 0 Å². The second kappa shape index (κ2) is 6.08. The van der Waals surface area contributed by atoms with Crippen molar-refractivity contribution in [1.29, 1.82) is 0 Å². The number of hydrogen-bond donors (Lipinski definition) is 2. The molecule has 118 valence electrons. The largest absolute Gasteiger partial charge is 0.360 e. The van der Waals surface area contributed by atoms with Gasteiger partial charge in [-0.2, -0.15) is 4.98 Å². The molecular formula is C17H19N5O. The van der Waals surface area contributed by atoms with E-state index in [1.165, 1.54) is 11.1 Å². The minimum Gasteiger partial charge on any atom is -0.360 e. The highest BCUT2D eigenvalue weighted by molar-refractivity contribution is 5.60. The first-order chi connectivity index (χ1) is 11.0. The van der Waals surface area contributed by atoms with Crippen LogP contribution in [0.5, 0.6) is 0 Å². The Morgan fingerprint density at radius 3 is 2.17 bits per heavy atom. The second-order valence-electron chi connectivity index (χ2n) is 5.67. The van der Waals surface area contributed by atoms with Gasteiger partial charge in [-0.1, -0.05) is 11.2 Å². The molecule has 3 aromatic rings. The summed E-state index contributed by atoms with van der Waals surface area (Å²) in [7, 11) is 0. The van der Waals surface area contributed by atoms with Crippen molar-refractivity contribution in [2.45, 2.75) is 27.7 Å². The smallest absolute Gasteiger partial charge is 0.230 e. The average Bonchev–Trinajstić information content (AvgIpc) is 2.82. The number of nitrogens with one attached hydrogen (secondary N) is 2. The molecule has 2 heterocycles. The SMILES string of the molecule is Cc1cc(C)cc(Nc2cc(C)nc(Nc3cc(C)on3)n2)c1. The van der Waals surface area contributed by atoms with Crippen LogP contribution in [0.15, 0.2) is 34.9 Å². The molecule has 1 aromatic carbocycles. The van der Waals surface area contributed by atoms with Crippen LogP contribution in [0.4, 0.5) is 23.3 Å². The molecule has 0 aliphatic heterocycles. The van der Waals surface area contributed by atoms with Crippen molar-refractivity contribution in [1.82, 2.24) is 15.1 Å². The van der Waals surface area contributed by atoms with Gasteiger partial charge in [-0.25, -0.2) is 4.98 Å². The van der Waals surface area contributed by atoms with Gasteiger partial charge in [0, 0.05) is 23.5 Å². The maximum absolute atomic E-state index is 5.04. The highest BCUT2D eigenvalue weighted by Gasteiger charge is 2.06. The molecule has 6 nitrogen and oxygen atoms in total. The first-order valence-electron chi connectivity index (χ1n) is 7.39. The summed E-state index contributed by atoms with van der Waals surface area (Å²) in [5, 5.41) is 10.3. The number of nitrogens with zero attached hydrogens (tertiary/aromatic N) is 3. The van der Waals surface area contributed by atoms with Gasteiger partial charge in [0.25, 0.3) is 0 Å². The van der Waals surface area contributed by atoms with E-state index in [1.54, 1.807) is 6.07 Å². The quantitative estimate of drug-likeness (QED) is 0.752. The lowest BCUT2D eigenvalue weighted by molar-refractivity contribution is 0.400. The van der Waals surface area contributed by atoms with Crippen molar-refractivity contribution in [2.24, 2.45) is 0 Å². The molecule has 6 heteroatoms. The van der Waals surface area contributed by atoms with E-state index in [9.17, 15) is 0 Å². The van der Waals surface area contributed by atoms with E-state index in [1.807, 2.05) is 19.9 Å². The Bertz CT molecular complexity index is 821. The molecule has 0 atom stereocenters. The Hall–Kier alpha value is -2.89. The van der Waals surface area contributed by atoms with Gasteiger partial charge < -0.3 is 15.2 Å². The number of aryl methyl sites for hydroxylation is 4. The molecule has 0 spiro atoms. The maximum Gasteiger partial charge on any atom is 0.230 e. The molecule has 2 N–H and O–H groups in total. The third-order valence-electron chi connectivity index (χ3n) is 3.22. The maximum atomic E-state index is 5.04. The molecule has 23 heavy (non-hydrogen) atoms. The van der Waals surface area contributed by atoms with E-state index in [-0.39, 0.29) is 0 Å². The van der Waals surface area contributed by atoms with E-state index >= 15 is 0 Å². The van der Waals surface area contributed by atoms with Crippen LogP contribution in [0.25, 0.3) is 0 Å². The minimum absolute atomic E-state index is 0.477. The monoisotopic (exact) mass is 309 g/mol. The van der Waals surface area contributed by atoms with Crippen LogP contribution in [-0.4, -0.2) is 15.1 Å². The topological polar surface area (TPSA) is 75.9 Å². The lowest BCUT2D eigenvalue weighted by Crippen LogP contribution is -2.02. The highest BCUT2D eigenvalue weighted by atomic mass is 16.5. The van der Waals surface area contributed by atoms with Crippen LogP contribution in [0, 0.1) is 27.7 Å². The number of hydrogen-bond acceptors (Lipinski definition) is 6. The Balaban J connectivity index is 1.85. The lowest BCUT2D eigenvalue weighted by atomic mass is 10.1. The van der Waals surface area contributed by atoms with Gasteiger partial charge in [0.1, 0.15) is 11.6 Å². The normalized spacial score (nSPS) is 10.6. The van der Waals surface area contributed by atoms with Crippen LogP contribution in [0.1, 0.15) is 22.6 Å². The zero-order valence-electron chi connectivity index (χ0n) is 13.6. The molecular weight excluding hydrogens is 290 g/mol. The standard InChI is InChI=1S/C17H19N5O/c1-10-5-11(2)7-14(6-10)19-15-8-12(3)18-17(20-15)21-16-9-13(4)23-22-16/h5-9H,1-4H3,(H2,18,19,20,21,22). The molecule has 0 radical (unpaired) electrons.